The Kier molecular flexibility index (Phi) is 4.63. The Labute approximate surface area is 150 Å². The molecule has 0 bridgehead atoms. The summed E-state index contributed by atoms with van der Waals surface area (Å²) >= 11 is 0. The highest BCUT2D eigenvalue weighted by Crippen LogP contribution is 2.26. The molecule has 0 saturated heterocycles. The topological polar surface area (TPSA) is 84.7 Å². The van der Waals surface area contributed by atoms with Crippen LogP contribution in [0.4, 0.5) is 5.69 Å². The van der Waals surface area contributed by atoms with Crippen molar-refractivity contribution in [3.05, 3.63) is 87.5 Å². The van der Waals surface area contributed by atoms with E-state index in [2.05, 4.69) is 15.6 Å². The number of nitro groups is 1. The van der Waals surface area contributed by atoms with Gasteiger partial charge in [0, 0.05) is 29.7 Å². The predicted molar refractivity (Wildman–Crippen MR) is 99.6 cm³/mol. The molecule has 0 radical (unpaired) electrons. The standard InChI is InChI=1S/C20H16N4O2/c1-14-9-17(15(2)23(14)20-7-4-8-22-13-20)10-18(12-21)16-5-3-6-19(11-16)24(25)26/h3-11,13H,1-2H3/b18-10-. The molecule has 0 unspecified atom stereocenters. The molecule has 0 fully saturated rings. The SMILES string of the molecule is Cc1cc(/C=C(/C#N)c2cccc([N+](=O)[O-])c2)c(C)n1-c1cccnc1. The summed E-state index contributed by atoms with van der Waals surface area (Å²) in [4.78, 5) is 14.7. The summed E-state index contributed by atoms with van der Waals surface area (Å²) in [6.45, 7) is 3.95. The number of hydrogen-bond acceptors (Lipinski definition) is 4. The molecule has 26 heavy (non-hydrogen) atoms. The van der Waals surface area contributed by atoms with Crippen LogP contribution in [-0.4, -0.2) is 14.5 Å². The monoisotopic (exact) mass is 344 g/mol. The average molecular weight is 344 g/mol. The molecule has 0 aliphatic heterocycles. The Morgan fingerprint density at radius 1 is 1.27 bits per heavy atom. The van der Waals surface area contributed by atoms with Gasteiger partial charge in [-0.1, -0.05) is 12.1 Å². The Balaban J connectivity index is 2.08. The lowest BCUT2D eigenvalue weighted by atomic mass is 10.0. The number of nitrogens with zero attached hydrogens (tertiary/aromatic N) is 4. The van der Waals surface area contributed by atoms with Crippen molar-refractivity contribution in [1.82, 2.24) is 9.55 Å². The van der Waals surface area contributed by atoms with Crippen molar-refractivity contribution in [2.75, 3.05) is 0 Å². The lowest BCUT2D eigenvalue weighted by Gasteiger charge is -2.08. The van der Waals surface area contributed by atoms with Gasteiger partial charge in [-0.2, -0.15) is 5.26 Å². The van der Waals surface area contributed by atoms with Crippen molar-refractivity contribution in [3.63, 3.8) is 0 Å². The zero-order valence-corrected chi connectivity index (χ0v) is 14.4. The molecule has 2 aromatic heterocycles. The second-order valence-corrected chi connectivity index (χ2v) is 5.85. The third-order valence-electron chi connectivity index (χ3n) is 4.16. The first-order chi connectivity index (χ1) is 12.5. The van der Waals surface area contributed by atoms with E-state index < -0.39 is 4.92 Å². The third-order valence-corrected chi connectivity index (χ3v) is 4.16. The maximum Gasteiger partial charge on any atom is 0.270 e. The van der Waals surface area contributed by atoms with Crippen LogP contribution in [0.3, 0.4) is 0 Å². The van der Waals surface area contributed by atoms with Gasteiger partial charge in [0.1, 0.15) is 0 Å². The molecule has 128 valence electrons. The number of pyridine rings is 1. The van der Waals surface area contributed by atoms with Crippen LogP contribution in [0.25, 0.3) is 17.3 Å². The number of allylic oxidation sites excluding steroid dienone is 1. The minimum absolute atomic E-state index is 0.0375. The molecule has 0 aliphatic rings. The molecule has 3 rings (SSSR count). The fourth-order valence-corrected chi connectivity index (χ4v) is 2.94. The summed E-state index contributed by atoms with van der Waals surface area (Å²) in [5.74, 6) is 0. The number of non-ortho nitro benzene ring substituents is 1. The highest BCUT2D eigenvalue weighted by molar-refractivity contribution is 5.90. The van der Waals surface area contributed by atoms with Crippen LogP contribution < -0.4 is 0 Å². The normalized spacial score (nSPS) is 11.2. The Hall–Kier alpha value is -3.72. The molecule has 6 nitrogen and oxygen atoms in total. The van der Waals surface area contributed by atoms with E-state index in [9.17, 15) is 15.4 Å². The van der Waals surface area contributed by atoms with Crippen molar-refractivity contribution >= 4 is 17.3 Å². The van der Waals surface area contributed by atoms with E-state index in [-0.39, 0.29) is 5.69 Å². The molecule has 0 spiro atoms. The molecule has 0 aliphatic carbocycles. The molecule has 6 heteroatoms. The van der Waals surface area contributed by atoms with E-state index in [0.29, 0.717) is 11.1 Å². The molecule has 2 heterocycles. The lowest BCUT2D eigenvalue weighted by Crippen LogP contribution is -1.99. The summed E-state index contributed by atoms with van der Waals surface area (Å²) in [7, 11) is 0. The van der Waals surface area contributed by atoms with Crippen molar-refractivity contribution < 1.29 is 4.92 Å². The molecular formula is C20H16N4O2. The molecule has 0 saturated carbocycles. The van der Waals surface area contributed by atoms with Gasteiger partial charge in [-0.05, 0) is 49.2 Å². The molecule has 1 aromatic carbocycles. The van der Waals surface area contributed by atoms with Gasteiger partial charge in [0.15, 0.2) is 0 Å². The van der Waals surface area contributed by atoms with Gasteiger partial charge in [0.2, 0.25) is 0 Å². The Morgan fingerprint density at radius 3 is 2.73 bits per heavy atom. The van der Waals surface area contributed by atoms with Crippen molar-refractivity contribution in [2.24, 2.45) is 0 Å². The van der Waals surface area contributed by atoms with Crippen LogP contribution in [0.5, 0.6) is 0 Å². The van der Waals surface area contributed by atoms with E-state index >= 15 is 0 Å². The largest absolute Gasteiger partial charge is 0.316 e. The van der Waals surface area contributed by atoms with Gasteiger partial charge in [0.25, 0.3) is 5.69 Å². The van der Waals surface area contributed by atoms with Crippen LogP contribution in [0.15, 0.2) is 54.9 Å². The summed E-state index contributed by atoms with van der Waals surface area (Å²) in [5, 5.41) is 20.5. The second-order valence-electron chi connectivity index (χ2n) is 5.85. The zero-order chi connectivity index (χ0) is 18.7. The van der Waals surface area contributed by atoms with Crippen LogP contribution in [-0.2, 0) is 0 Å². The number of benzene rings is 1. The first-order valence-electron chi connectivity index (χ1n) is 7.97. The fourth-order valence-electron chi connectivity index (χ4n) is 2.94. The molecular weight excluding hydrogens is 328 g/mol. The number of aryl methyl sites for hydroxylation is 1. The Morgan fingerprint density at radius 2 is 2.08 bits per heavy atom. The number of nitriles is 1. The van der Waals surface area contributed by atoms with E-state index in [1.165, 1.54) is 12.1 Å². The van der Waals surface area contributed by atoms with E-state index in [1.54, 1.807) is 30.6 Å². The Bertz CT molecular complexity index is 1040. The number of aromatic nitrogens is 2. The summed E-state index contributed by atoms with van der Waals surface area (Å²) in [6, 6.07) is 14.1. The first kappa shape index (κ1) is 17.1. The average Bonchev–Trinajstić information content (AvgIpc) is 2.93. The van der Waals surface area contributed by atoms with E-state index in [1.807, 2.05) is 32.0 Å². The van der Waals surface area contributed by atoms with Gasteiger partial charge >= 0.3 is 0 Å². The van der Waals surface area contributed by atoms with Gasteiger partial charge < -0.3 is 4.57 Å². The summed E-state index contributed by atoms with van der Waals surface area (Å²) in [5.41, 5.74) is 4.66. The van der Waals surface area contributed by atoms with Crippen molar-refractivity contribution in [1.29, 1.82) is 5.26 Å². The minimum Gasteiger partial charge on any atom is -0.316 e. The van der Waals surface area contributed by atoms with Crippen LogP contribution >= 0.6 is 0 Å². The predicted octanol–water partition coefficient (Wildman–Crippen LogP) is 4.46. The maximum atomic E-state index is 11.0. The van der Waals surface area contributed by atoms with Gasteiger partial charge in [-0.25, -0.2) is 0 Å². The highest BCUT2D eigenvalue weighted by atomic mass is 16.6. The fraction of sp³-hybridized carbons (Fsp3) is 0.100. The first-order valence-corrected chi connectivity index (χ1v) is 7.97. The number of nitro benzene ring substituents is 1. The van der Waals surface area contributed by atoms with Gasteiger partial charge in [0.05, 0.1) is 28.4 Å². The van der Waals surface area contributed by atoms with Crippen LogP contribution in [0.1, 0.15) is 22.5 Å². The number of rotatable bonds is 4. The molecule has 3 aromatic rings. The van der Waals surface area contributed by atoms with Gasteiger partial charge in [-0.15, -0.1) is 0 Å². The van der Waals surface area contributed by atoms with Crippen molar-refractivity contribution in [3.8, 4) is 11.8 Å². The van der Waals surface area contributed by atoms with Gasteiger partial charge in [-0.3, -0.25) is 15.1 Å². The van der Waals surface area contributed by atoms with Crippen LogP contribution in [0, 0.1) is 35.3 Å². The summed E-state index contributed by atoms with van der Waals surface area (Å²) < 4.78 is 2.06. The minimum atomic E-state index is -0.466. The highest BCUT2D eigenvalue weighted by Gasteiger charge is 2.12. The number of hydrogen-bond donors (Lipinski definition) is 0. The third kappa shape index (κ3) is 3.23. The van der Waals surface area contributed by atoms with E-state index in [4.69, 9.17) is 0 Å². The lowest BCUT2D eigenvalue weighted by molar-refractivity contribution is -0.384. The van der Waals surface area contributed by atoms with Crippen molar-refractivity contribution in [2.45, 2.75) is 13.8 Å². The second kappa shape index (κ2) is 7.03. The molecule has 0 atom stereocenters. The van der Waals surface area contributed by atoms with E-state index in [0.717, 1.165) is 22.6 Å². The molecule has 0 amide bonds. The smallest absolute Gasteiger partial charge is 0.270 e. The molecule has 0 N–H and O–H groups in total. The maximum absolute atomic E-state index is 11.0. The summed E-state index contributed by atoms with van der Waals surface area (Å²) in [6.07, 6.45) is 5.25. The zero-order valence-electron chi connectivity index (χ0n) is 14.4. The van der Waals surface area contributed by atoms with Crippen LogP contribution in [0.2, 0.25) is 0 Å². The quantitative estimate of drug-likeness (QED) is 0.397.